The smallest absolute Gasteiger partial charge is 0.340 e. The first kappa shape index (κ1) is 19.8. The summed E-state index contributed by atoms with van der Waals surface area (Å²) in [5, 5.41) is 12.4. The van der Waals surface area contributed by atoms with Crippen LogP contribution in [-0.2, 0) is 9.53 Å². The predicted molar refractivity (Wildman–Crippen MR) is 103 cm³/mol. The molecule has 0 unspecified atom stereocenters. The van der Waals surface area contributed by atoms with Crippen LogP contribution in [0.4, 0.5) is 10.1 Å². The molecule has 0 atom stereocenters. The number of anilines is 1. The summed E-state index contributed by atoms with van der Waals surface area (Å²) >= 11 is 1.28. The number of hydrogen-bond donors (Lipinski definition) is 1. The van der Waals surface area contributed by atoms with Crippen LogP contribution in [0.25, 0.3) is 0 Å². The van der Waals surface area contributed by atoms with Crippen LogP contribution in [0.5, 0.6) is 0 Å². The molecule has 1 aromatic heterocycles. The number of ether oxygens (including phenoxy) is 1. The molecule has 1 aliphatic rings. The Morgan fingerprint density at radius 1 is 1.39 bits per heavy atom. The van der Waals surface area contributed by atoms with Gasteiger partial charge in [0.1, 0.15) is 16.9 Å². The molecule has 1 amide bonds. The number of aryl methyl sites for hydroxylation is 1. The molecule has 2 aromatic rings. The molecule has 3 rings (SSSR count). The summed E-state index contributed by atoms with van der Waals surface area (Å²) in [7, 11) is 0. The normalized spacial score (nSPS) is 12.9. The molecule has 1 saturated carbocycles. The Hall–Kier alpha value is -2.92. The van der Waals surface area contributed by atoms with Gasteiger partial charge in [0.2, 0.25) is 0 Å². The number of halogens is 1. The maximum absolute atomic E-state index is 13.6. The zero-order valence-electron chi connectivity index (χ0n) is 15.4. The number of benzene rings is 1. The lowest BCUT2D eigenvalue weighted by molar-refractivity contribution is -0.119. The fourth-order valence-electron chi connectivity index (χ4n) is 2.62. The molecule has 6 nitrogen and oxygen atoms in total. The Morgan fingerprint density at radius 3 is 2.75 bits per heavy atom. The molecule has 144 valence electrons. The zero-order valence-corrected chi connectivity index (χ0v) is 16.2. The predicted octanol–water partition coefficient (Wildman–Crippen LogP) is 3.80. The monoisotopic (exact) mass is 399 g/mol. The lowest BCUT2D eigenvalue weighted by Gasteiger charge is -2.11. The minimum absolute atomic E-state index is 0.109. The highest BCUT2D eigenvalue weighted by molar-refractivity contribution is 7.98. The van der Waals surface area contributed by atoms with E-state index in [1.807, 2.05) is 6.07 Å². The summed E-state index contributed by atoms with van der Waals surface area (Å²) < 4.78 is 18.6. The van der Waals surface area contributed by atoms with Gasteiger partial charge in [0.05, 0.1) is 11.1 Å². The Labute approximate surface area is 166 Å². The number of rotatable bonds is 6. The van der Waals surface area contributed by atoms with Gasteiger partial charge in [-0.25, -0.2) is 14.2 Å². The van der Waals surface area contributed by atoms with Gasteiger partial charge in [-0.3, -0.25) is 4.79 Å². The Morgan fingerprint density at radius 2 is 2.14 bits per heavy atom. The highest BCUT2D eigenvalue weighted by Gasteiger charge is 2.29. The van der Waals surface area contributed by atoms with Crippen molar-refractivity contribution in [3.8, 4) is 6.07 Å². The maximum atomic E-state index is 13.6. The van der Waals surface area contributed by atoms with E-state index in [1.165, 1.54) is 23.9 Å². The van der Waals surface area contributed by atoms with Gasteiger partial charge in [-0.15, -0.1) is 11.8 Å². The van der Waals surface area contributed by atoms with Crippen molar-refractivity contribution in [2.45, 2.75) is 30.7 Å². The molecule has 0 saturated heterocycles. The number of nitrogens with zero attached hydrogens (tertiary/aromatic N) is 2. The number of carbonyl (C=O) groups excluding carboxylic acids is 2. The van der Waals surface area contributed by atoms with Crippen LogP contribution in [0.1, 0.15) is 45.9 Å². The van der Waals surface area contributed by atoms with Gasteiger partial charge >= 0.3 is 5.97 Å². The van der Waals surface area contributed by atoms with Crippen LogP contribution in [0.2, 0.25) is 0 Å². The second kappa shape index (κ2) is 8.40. The summed E-state index contributed by atoms with van der Waals surface area (Å²) in [5.74, 6) is -1.51. The number of aromatic nitrogens is 1. The molecular weight excluding hydrogens is 381 g/mol. The third kappa shape index (κ3) is 4.49. The van der Waals surface area contributed by atoms with Gasteiger partial charge in [0.25, 0.3) is 5.91 Å². The molecule has 1 fully saturated rings. The third-order valence-electron chi connectivity index (χ3n) is 4.32. The SMILES string of the molecule is CSc1nc(C2CC2)cc(C(=O)OCC(=O)Nc2ccc(C)c(F)c2)c1C#N. The molecule has 1 N–H and O–H groups in total. The number of thioether (sulfide) groups is 1. The Bertz CT molecular complexity index is 983. The highest BCUT2D eigenvalue weighted by Crippen LogP contribution is 2.40. The molecule has 0 bridgehead atoms. The first-order valence-electron chi connectivity index (χ1n) is 8.65. The second-order valence-electron chi connectivity index (χ2n) is 6.45. The van der Waals surface area contributed by atoms with E-state index in [4.69, 9.17) is 4.74 Å². The maximum Gasteiger partial charge on any atom is 0.340 e. The first-order valence-corrected chi connectivity index (χ1v) is 9.87. The van der Waals surface area contributed by atoms with E-state index in [9.17, 15) is 19.2 Å². The molecule has 1 heterocycles. The Balaban J connectivity index is 1.70. The molecule has 8 heteroatoms. The van der Waals surface area contributed by atoms with Gasteiger partial charge < -0.3 is 10.1 Å². The topological polar surface area (TPSA) is 92.1 Å². The number of nitrogens with one attached hydrogen (secondary N) is 1. The van der Waals surface area contributed by atoms with Crippen molar-refractivity contribution in [3.05, 3.63) is 52.5 Å². The second-order valence-corrected chi connectivity index (χ2v) is 7.25. The van der Waals surface area contributed by atoms with Gasteiger partial charge in [0, 0.05) is 17.3 Å². The van der Waals surface area contributed by atoms with Gasteiger partial charge in [-0.2, -0.15) is 5.26 Å². The number of pyridine rings is 1. The third-order valence-corrected chi connectivity index (χ3v) is 5.00. The van der Waals surface area contributed by atoms with Gasteiger partial charge in [-0.05, 0) is 49.8 Å². The van der Waals surface area contributed by atoms with Crippen molar-refractivity contribution in [2.24, 2.45) is 0 Å². The average Bonchev–Trinajstić information content (AvgIpc) is 3.53. The number of carbonyl (C=O) groups is 2. The number of nitriles is 1. The van der Waals surface area contributed by atoms with Crippen molar-refractivity contribution < 1.29 is 18.7 Å². The zero-order chi connectivity index (χ0) is 20.3. The molecular formula is C20H18FN3O3S. The van der Waals surface area contributed by atoms with Crippen molar-refractivity contribution in [1.29, 1.82) is 5.26 Å². The van der Waals surface area contributed by atoms with Crippen LogP contribution in [0.15, 0.2) is 29.3 Å². The van der Waals surface area contributed by atoms with Crippen LogP contribution < -0.4 is 5.32 Å². The van der Waals surface area contributed by atoms with E-state index >= 15 is 0 Å². The quantitative estimate of drug-likeness (QED) is 0.587. The fourth-order valence-corrected chi connectivity index (χ4v) is 3.18. The number of amides is 1. The molecule has 0 spiro atoms. The van der Waals surface area contributed by atoms with E-state index in [2.05, 4.69) is 10.3 Å². The van der Waals surface area contributed by atoms with Crippen molar-refractivity contribution >= 4 is 29.3 Å². The highest BCUT2D eigenvalue weighted by atomic mass is 32.2. The molecule has 1 aromatic carbocycles. The van der Waals surface area contributed by atoms with Crippen LogP contribution in [0, 0.1) is 24.1 Å². The summed E-state index contributed by atoms with van der Waals surface area (Å²) in [5.41, 5.74) is 1.74. The standard InChI is InChI=1S/C20H18FN3O3S/c1-11-3-6-13(7-16(11)21)23-18(25)10-27-20(26)14-8-17(12-4-5-12)24-19(28-2)15(14)9-22/h3,6-8,12H,4-5,10H2,1-2H3,(H,23,25). The summed E-state index contributed by atoms with van der Waals surface area (Å²) in [6.07, 6.45) is 3.77. The van der Waals surface area contributed by atoms with Crippen LogP contribution >= 0.6 is 11.8 Å². The first-order chi connectivity index (χ1) is 13.4. The van der Waals surface area contributed by atoms with Gasteiger partial charge in [-0.1, -0.05) is 6.07 Å². The molecule has 0 radical (unpaired) electrons. The van der Waals surface area contributed by atoms with Crippen LogP contribution in [-0.4, -0.2) is 29.7 Å². The minimum Gasteiger partial charge on any atom is -0.452 e. The average molecular weight is 399 g/mol. The molecule has 0 aliphatic heterocycles. The van der Waals surface area contributed by atoms with E-state index in [0.29, 0.717) is 16.5 Å². The lowest BCUT2D eigenvalue weighted by atomic mass is 10.1. The lowest BCUT2D eigenvalue weighted by Crippen LogP contribution is -2.21. The summed E-state index contributed by atoms with van der Waals surface area (Å²) in [6.45, 7) is 1.07. The number of esters is 1. The largest absolute Gasteiger partial charge is 0.452 e. The van der Waals surface area contributed by atoms with E-state index in [1.54, 1.807) is 25.3 Å². The minimum atomic E-state index is -0.763. The summed E-state index contributed by atoms with van der Waals surface area (Å²) in [4.78, 5) is 29.0. The van der Waals surface area contributed by atoms with E-state index in [-0.39, 0.29) is 16.8 Å². The van der Waals surface area contributed by atoms with Crippen molar-refractivity contribution in [2.75, 3.05) is 18.2 Å². The van der Waals surface area contributed by atoms with Gasteiger partial charge in [0.15, 0.2) is 6.61 Å². The van der Waals surface area contributed by atoms with E-state index in [0.717, 1.165) is 18.5 Å². The van der Waals surface area contributed by atoms with Crippen molar-refractivity contribution in [3.63, 3.8) is 0 Å². The molecule has 1 aliphatic carbocycles. The van der Waals surface area contributed by atoms with E-state index < -0.39 is 24.3 Å². The number of hydrogen-bond acceptors (Lipinski definition) is 6. The molecule has 28 heavy (non-hydrogen) atoms. The Kier molecular flexibility index (Phi) is 5.95. The van der Waals surface area contributed by atoms with Crippen LogP contribution in [0.3, 0.4) is 0 Å². The summed E-state index contributed by atoms with van der Waals surface area (Å²) in [6, 6.07) is 7.86. The van der Waals surface area contributed by atoms with Crippen molar-refractivity contribution in [1.82, 2.24) is 4.98 Å². The fraction of sp³-hybridized carbons (Fsp3) is 0.300.